The fourth-order valence-electron chi connectivity index (χ4n) is 1.19. The zero-order valence-electron chi connectivity index (χ0n) is 8.84. The Kier molecular flexibility index (Phi) is 3.71. The Balaban J connectivity index is 1.89. The zero-order valence-corrected chi connectivity index (χ0v) is 9.66. The summed E-state index contributed by atoms with van der Waals surface area (Å²) in [5, 5.41) is 5.37. The molecule has 1 aromatic rings. The van der Waals surface area contributed by atoms with Crippen LogP contribution in [0, 0.1) is 0 Å². The first-order valence-electron chi connectivity index (χ1n) is 4.95. The SMILES string of the molecule is O=C(NC1=NCCS1)C(=O)Nc1cccnc1. The summed E-state index contributed by atoms with van der Waals surface area (Å²) in [7, 11) is 0. The van der Waals surface area contributed by atoms with E-state index in [0.29, 0.717) is 17.4 Å². The number of anilines is 1. The van der Waals surface area contributed by atoms with E-state index in [0.717, 1.165) is 5.75 Å². The van der Waals surface area contributed by atoms with Crippen molar-refractivity contribution in [1.82, 2.24) is 10.3 Å². The third-order valence-electron chi connectivity index (χ3n) is 1.93. The molecule has 1 aliphatic rings. The maximum absolute atomic E-state index is 11.5. The van der Waals surface area contributed by atoms with Crippen LogP contribution in [0.2, 0.25) is 0 Å². The molecule has 2 N–H and O–H groups in total. The van der Waals surface area contributed by atoms with Crippen molar-refractivity contribution in [2.75, 3.05) is 17.6 Å². The van der Waals surface area contributed by atoms with Crippen molar-refractivity contribution in [2.45, 2.75) is 0 Å². The van der Waals surface area contributed by atoms with Crippen LogP contribution in [0.15, 0.2) is 29.5 Å². The quantitative estimate of drug-likeness (QED) is 0.699. The minimum absolute atomic E-state index is 0.480. The van der Waals surface area contributed by atoms with E-state index in [1.165, 1.54) is 18.0 Å². The number of aromatic nitrogens is 1. The highest BCUT2D eigenvalue weighted by Crippen LogP contribution is 2.08. The number of nitrogens with one attached hydrogen (secondary N) is 2. The predicted molar refractivity (Wildman–Crippen MR) is 65.8 cm³/mol. The average molecular weight is 250 g/mol. The van der Waals surface area contributed by atoms with Crippen LogP contribution < -0.4 is 10.6 Å². The number of aliphatic imine (C=N–C) groups is 1. The Morgan fingerprint density at radius 2 is 2.12 bits per heavy atom. The van der Waals surface area contributed by atoms with Crippen molar-refractivity contribution in [3.05, 3.63) is 24.5 Å². The van der Waals surface area contributed by atoms with Gasteiger partial charge in [0.1, 0.15) is 0 Å². The first-order valence-corrected chi connectivity index (χ1v) is 5.94. The summed E-state index contributed by atoms with van der Waals surface area (Å²) >= 11 is 1.42. The van der Waals surface area contributed by atoms with E-state index < -0.39 is 11.8 Å². The second-order valence-corrected chi connectivity index (χ2v) is 4.27. The minimum atomic E-state index is -0.729. The molecule has 0 saturated carbocycles. The van der Waals surface area contributed by atoms with Gasteiger partial charge in [0.15, 0.2) is 5.17 Å². The van der Waals surface area contributed by atoms with Gasteiger partial charge in [-0.25, -0.2) is 0 Å². The van der Waals surface area contributed by atoms with Gasteiger partial charge in [-0.1, -0.05) is 11.8 Å². The number of rotatable bonds is 1. The molecule has 0 fully saturated rings. The van der Waals surface area contributed by atoms with Gasteiger partial charge < -0.3 is 5.32 Å². The normalized spacial score (nSPS) is 14.0. The van der Waals surface area contributed by atoms with Gasteiger partial charge in [-0.15, -0.1) is 0 Å². The summed E-state index contributed by atoms with van der Waals surface area (Å²) < 4.78 is 0. The highest BCUT2D eigenvalue weighted by molar-refractivity contribution is 8.14. The van der Waals surface area contributed by atoms with Gasteiger partial charge in [-0.05, 0) is 12.1 Å². The maximum Gasteiger partial charge on any atom is 0.315 e. The lowest BCUT2D eigenvalue weighted by atomic mass is 10.4. The van der Waals surface area contributed by atoms with E-state index in [2.05, 4.69) is 20.6 Å². The highest BCUT2D eigenvalue weighted by atomic mass is 32.2. The molecular formula is C10H10N4O2S. The molecule has 0 aromatic carbocycles. The maximum atomic E-state index is 11.5. The molecule has 0 saturated heterocycles. The second kappa shape index (κ2) is 5.44. The standard InChI is InChI=1S/C10H10N4O2S/c15-8(13-7-2-1-3-11-6-7)9(16)14-10-12-4-5-17-10/h1-3,6H,4-5H2,(H,13,15)(H,12,14,16). The van der Waals surface area contributed by atoms with Gasteiger partial charge in [0.25, 0.3) is 0 Å². The van der Waals surface area contributed by atoms with Crippen LogP contribution >= 0.6 is 11.8 Å². The van der Waals surface area contributed by atoms with Crippen molar-refractivity contribution in [2.24, 2.45) is 4.99 Å². The van der Waals surface area contributed by atoms with Gasteiger partial charge in [0, 0.05) is 11.9 Å². The summed E-state index contributed by atoms with van der Waals surface area (Å²) in [6, 6.07) is 3.32. The van der Waals surface area contributed by atoms with Gasteiger partial charge in [-0.3, -0.25) is 24.9 Å². The van der Waals surface area contributed by atoms with Crippen LogP contribution in [0.5, 0.6) is 0 Å². The monoisotopic (exact) mass is 250 g/mol. The van der Waals surface area contributed by atoms with Gasteiger partial charge in [0.2, 0.25) is 0 Å². The van der Waals surface area contributed by atoms with Crippen molar-refractivity contribution in [3.63, 3.8) is 0 Å². The number of carbonyl (C=O) groups is 2. The molecule has 2 amide bonds. The summed E-state index contributed by atoms with van der Waals surface area (Å²) in [5.74, 6) is -0.616. The summed E-state index contributed by atoms with van der Waals surface area (Å²) in [6.45, 7) is 0.671. The van der Waals surface area contributed by atoms with Crippen molar-refractivity contribution >= 4 is 34.4 Å². The summed E-state index contributed by atoms with van der Waals surface area (Å²) in [6.07, 6.45) is 3.05. The Hall–Kier alpha value is -1.89. The molecule has 1 aliphatic heterocycles. The molecule has 6 nitrogen and oxygen atoms in total. The number of hydrogen-bond donors (Lipinski definition) is 2. The molecule has 17 heavy (non-hydrogen) atoms. The fraction of sp³-hybridized carbons (Fsp3) is 0.200. The van der Waals surface area contributed by atoms with Crippen molar-refractivity contribution in [1.29, 1.82) is 0 Å². The summed E-state index contributed by atoms with van der Waals surface area (Å²) in [5.41, 5.74) is 0.480. The Bertz CT molecular complexity index is 461. The highest BCUT2D eigenvalue weighted by Gasteiger charge is 2.17. The third kappa shape index (κ3) is 3.28. The number of hydrogen-bond acceptors (Lipinski definition) is 5. The van der Waals surface area contributed by atoms with E-state index in [-0.39, 0.29) is 0 Å². The Morgan fingerprint density at radius 1 is 1.29 bits per heavy atom. The molecule has 2 heterocycles. The predicted octanol–water partition coefficient (Wildman–Crippen LogP) is 0.239. The molecule has 1 aromatic heterocycles. The van der Waals surface area contributed by atoms with E-state index >= 15 is 0 Å². The number of amides is 2. The van der Waals surface area contributed by atoms with Crippen LogP contribution in [0.1, 0.15) is 0 Å². The number of nitrogens with zero attached hydrogens (tertiary/aromatic N) is 2. The van der Waals surface area contributed by atoms with Gasteiger partial charge in [-0.2, -0.15) is 0 Å². The third-order valence-corrected chi connectivity index (χ3v) is 2.82. The first-order chi connectivity index (χ1) is 8.25. The Labute approximate surface area is 102 Å². The van der Waals surface area contributed by atoms with Crippen LogP contribution in [-0.4, -0.2) is 34.3 Å². The molecule has 0 spiro atoms. The largest absolute Gasteiger partial charge is 0.316 e. The number of thioether (sulfide) groups is 1. The van der Waals surface area contributed by atoms with Crippen LogP contribution in [-0.2, 0) is 9.59 Å². The number of carbonyl (C=O) groups excluding carboxylic acids is 2. The van der Waals surface area contributed by atoms with E-state index in [9.17, 15) is 9.59 Å². The lowest BCUT2D eigenvalue weighted by molar-refractivity contribution is -0.135. The van der Waals surface area contributed by atoms with Crippen LogP contribution in [0.3, 0.4) is 0 Å². The van der Waals surface area contributed by atoms with Crippen LogP contribution in [0.25, 0.3) is 0 Å². The fourth-order valence-corrected chi connectivity index (χ4v) is 1.91. The van der Waals surface area contributed by atoms with Gasteiger partial charge >= 0.3 is 11.8 Å². The molecule has 88 valence electrons. The molecule has 0 atom stereocenters. The van der Waals surface area contributed by atoms with E-state index in [1.54, 1.807) is 18.3 Å². The molecule has 0 aliphatic carbocycles. The average Bonchev–Trinajstić information content (AvgIpc) is 2.83. The lowest BCUT2D eigenvalue weighted by Crippen LogP contribution is -2.37. The molecule has 0 unspecified atom stereocenters. The first kappa shape index (κ1) is 11.6. The molecule has 7 heteroatoms. The molecular weight excluding hydrogens is 240 g/mol. The Morgan fingerprint density at radius 3 is 2.76 bits per heavy atom. The minimum Gasteiger partial charge on any atom is -0.316 e. The van der Waals surface area contributed by atoms with Crippen molar-refractivity contribution < 1.29 is 9.59 Å². The van der Waals surface area contributed by atoms with E-state index in [1.807, 2.05) is 0 Å². The molecule has 0 radical (unpaired) electrons. The topological polar surface area (TPSA) is 83.5 Å². The molecule has 2 rings (SSSR count). The number of amidine groups is 1. The van der Waals surface area contributed by atoms with Gasteiger partial charge in [0.05, 0.1) is 18.4 Å². The zero-order chi connectivity index (χ0) is 12.1. The lowest BCUT2D eigenvalue weighted by Gasteiger charge is -2.04. The van der Waals surface area contributed by atoms with Crippen molar-refractivity contribution in [3.8, 4) is 0 Å². The number of pyridine rings is 1. The second-order valence-electron chi connectivity index (χ2n) is 3.19. The summed E-state index contributed by atoms with van der Waals surface area (Å²) in [4.78, 5) is 30.8. The molecule has 0 bridgehead atoms. The van der Waals surface area contributed by atoms with E-state index in [4.69, 9.17) is 0 Å². The smallest absolute Gasteiger partial charge is 0.315 e. The van der Waals surface area contributed by atoms with Crippen LogP contribution in [0.4, 0.5) is 5.69 Å².